The highest BCUT2D eigenvalue weighted by Gasteiger charge is 2.42. The summed E-state index contributed by atoms with van der Waals surface area (Å²) in [6.45, 7) is 1.90. The second kappa shape index (κ2) is 14.5. The van der Waals surface area contributed by atoms with Crippen molar-refractivity contribution in [3.05, 3.63) is 60.2 Å². The zero-order chi connectivity index (χ0) is 30.1. The molecule has 0 unspecified atom stereocenters. The van der Waals surface area contributed by atoms with Crippen LogP contribution in [0.2, 0.25) is 0 Å². The Morgan fingerprint density at radius 1 is 0.929 bits per heavy atom. The molecule has 1 aromatic heterocycles. The van der Waals surface area contributed by atoms with Gasteiger partial charge in [-0.25, -0.2) is 0 Å². The number of aromatic nitrogens is 1. The van der Waals surface area contributed by atoms with Gasteiger partial charge < -0.3 is 20.4 Å². The van der Waals surface area contributed by atoms with Crippen molar-refractivity contribution in [3.63, 3.8) is 0 Å². The van der Waals surface area contributed by atoms with Crippen LogP contribution in [0.15, 0.2) is 54.6 Å². The third kappa shape index (κ3) is 8.46. The van der Waals surface area contributed by atoms with Gasteiger partial charge in [-0.15, -0.1) is 0 Å². The number of hydrogen-bond acceptors (Lipinski definition) is 3. The van der Waals surface area contributed by atoms with E-state index in [9.17, 15) is 27.6 Å². The number of amides is 2. The number of benzene rings is 2. The lowest BCUT2D eigenvalue weighted by atomic mass is 9.81. The van der Waals surface area contributed by atoms with Crippen LogP contribution in [0.5, 0.6) is 0 Å². The summed E-state index contributed by atoms with van der Waals surface area (Å²) >= 11 is 0. The first-order valence-corrected chi connectivity index (χ1v) is 14.9. The Morgan fingerprint density at radius 3 is 2.31 bits per heavy atom. The number of para-hydroxylation sites is 1. The summed E-state index contributed by atoms with van der Waals surface area (Å²) in [5.74, 6) is -2.45. The van der Waals surface area contributed by atoms with Crippen molar-refractivity contribution >= 4 is 28.5 Å². The molecule has 226 valence electrons. The summed E-state index contributed by atoms with van der Waals surface area (Å²) in [4.78, 5) is 41.1. The fourth-order valence-corrected chi connectivity index (χ4v) is 5.89. The van der Waals surface area contributed by atoms with E-state index in [0.29, 0.717) is 38.6 Å². The molecule has 0 spiro atoms. The van der Waals surface area contributed by atoms with Crippen molar-refractivity contribution in [1.82, 2.24) is 15.6 Å². The van der Waals surface area contributed by atoms with Crippen molar-refractivity contribution in [3.8, 4) is 11.3 Å². The molecule has 1 fully saturated rings. The van der Waals surface area contributed by atoms with Gasteiger partial charge in [0.2, 0.25) is 11.8 Å². The Balaban J connectivity index is 1.39. The minimum Gasteiger partial charge on any atom is -0.354 e. The van der Waals surface area contributed by atoms with Crippen LogP contribution >= 0.6 is 0 Å². The smallest absolute Gasteiger partial charge is 0.354 e. The summed E-state index contributed by atoms with van der Waals surface area (Å²) in [6, 6.07) is 17.2. The normalized spacial score (nSPS) is 18.0. The highest BCUT2D eigenvalue weighted by molar-refractivity contribution is 5.91. The van der Waals surface area contributed by atoms with Gasteiger partial charge in [0, 0.05) is 35.5 Å². The summed E-state index contributed by atoms with van der Waals surface area (Å²) < 4.78 is 39.3. The van der Waals surface area contributed by atoms with Crippen molar-refractivity contribution in [2.75, 3.05) is 6.54 Å². The lowest BCUT2D eigenvalue weighted by molar-refractivity contribution is -0.184. The molecule has 1 heterocycles. The molecule has 4 rings (SSSR count). The van der Waals surface area contributed by atoms with E-state index < -0.39 is 24.1 Å². The SMILES string of the molecule is CC(=O)CCCCC[C@H](NC(=O)C1CCC(C(F)(F)F)CC1)C(=O)NCCc1c(-c2ccccc2)[nH]c2ccccc12. The highest BCUT2D eigenvalue weighted by atomic mass is 19.4. The molecule has 2 aromatic carbocycles. The van der Waals surface area contributed by atoms with Crippen LogP contribution in [0.1, 0.15) is 70.3 Å². The van der Waals surface area contributed by atoms with Crippen molar-refractivity contribution < 1.29 is 27.6 Å². The maximum Gasteiger partial charge on any atom is 0.391 e. The summed E-state index contributed by atoms with van der Waals surface area (Å²) in [5, 5.41) is 6.91. The van der Waals surface area contributed by atoms with Crippen LogP contribution in [0, 0.1) is 11.8 Å². The minimum absolute atomic E-state index is 0.0716. The van der Waals surface area contributed by atoms with E-state index in [4.69, 9.17) is 0 Å². The quantitative estimate of drug-likeness (QED) is 0.192. The topological polar surface area (TPSA) is 91.1 Å². The lowest BCUT2D eigenvalue weighted by Gasteiger charge is -2.30. The number of fused-ring (bicyclic) bond motifs is 1. The van der Waals surface area contributed by atoms with Crippen LogP contribution in [0.25, 0.3) is 22.2 Å². The fraction of sp³-hybridized carbons (Fsp3) is 0.485. The largest absolute Gasteiger partial charge is 0.391 e. The monoisotopic (exact) mass is 583 g/mol. The predicted octanol–water partition coefficient (Wildman–Crippen LogP) is 6.89. The molecule has 3 N–H and O–H groups in total. The van der Waals surface area contributed by atoms with Crippen LogP contribution in [-0.4, -0.2) is 41.3 Å². The molecule has 0 bridgehead atoms. The first kappa shape index (κ1) is 31.3. The third-order valence-corrected chi connectivity index (χ3v) is 8.27. The number of Topliss-reactive ketones (excluding diaryl/α,β-unsaturated/α-hetero) is 1. The van der Waals surface area contributed by atoms with E-state index in [1.165, 1.54) is 0 Å². The number of alkyl halides is 3. The molecule has 1 aliphatic rings. The zero-order valence-electron chi connectivity index (χ0n) is 24.1. The standard InChI is InChI=1S/C33H40F3N3O3/c1-22(40)10-4-2-7-15-29(39-31(41)24-16-18-25(19-17-24)33(34,35)36)32(42)37-21-20-27-26-13-8-9-14-28(26)38-30(27)23-11-5-3-6-12-23/h3,5-6,8-9,11-14,24-25,29,38H,2,4,7,10,15-21H2,1H3,(H,37,42)(H,39,41)/t24?,25?,29-/m0/s1. The fourth-order valence-electron chi connectivity index (χ4n) is 5.89. The Bertz CT molecular complexity index is 1340. The molecule has 6 nitrogen and oxygen atoms in total. The van der Waals surface area contributed by atoms with Gasteiger partial charge in [0.25, 0.3) is 0 Å². The van der Waals surface area contributed by atoms with Crippen molar-refractivity contribution in [1.29, 1.82) is 0 Å². The summed E-state index contributed by atoms with van der Waals surface area (Å²) in [6.07, 6.45) is -0.528. The van der Waals surface area contributed by atoms with Crippen LogP contribution in [0.4, 0.5) is 13.2 Å². The first-order chi connectivity index (χ1) is 20.1. The molecule has 42 heavy (non-hydrogen) atoms. The third-order valence-electron chi connectivity index (χ3n) is 8.27. The number of hydrogen-bond donors (Lipinski definition) is 3. The molecule has 0 radical (unpaired) electrons. The summed E-state index contributed by atoms with van der Waals surface area (Å²) in [7, 11) is 0. The number of nitrogens with one attached hydrogen (secondary N) is 3. The highest BCUT2D eigenvalue weighted by Crippen LogP contribution is 2.39. The van der Waals surface area contributed by atoms with Crippen molar-refractivity contribution in [2.24, 2.45) is 11.8 Å². The lowest BCUT2D eigenvalue weighted by Crippen LogP contribution is -2.49. The molecule has 0 saturated heterocycles. The van der Waals surface area contributed by atoms with Gasteiger partial charge in [0.05, 0.1) is 5.92 Å². The van der Waals surface area contributed by atoms with Gasteiger partial charge in [-0.1, -0.05) is 61.4 Å². The van der Waals surface area contributed by atoms with E-state index in [-0.39, 0.29) is 43.3 Å². The van der Waals surface area contributed by atoms with Crippen LogP contribution in [-0.2, 0) is 20.8 Å². The van der Waals surface area contributed by atoms with Crippen molar-refractivity contribution in [2.45, 2.75) is 83.4 Å². The molecule has 1 aliphatic carbocycles. The summed E-state index contributed by atoms with van der Waals surface area (Å²) in [5.41, 5.74) is 4.14. The zero-order valence-corrected chi connectivity index (χ0v) is 24.1. The molecule has 2 amide bonds. The maximum absolute atomic E-state index is 13.3. The Kier molecular flexibility index (Phi) is 10.8. The average molecular weight is 584 g/mol. The molecular formula is C33H40F3N3O3. The van der Waals surface area contributed by atoms with E-state index in [0.717, 1.165) is 34.1 Å². The van der Waals surface area contributed by atoms with Gasteiger partial charge in [-0.05, 0) is 69.1 Å². The number of ketones is 1. The van der Waals surface area contributed by atoms with Gasteiger partial charge in [-0.3, -0.25) is 9.59 Å². The molecule has 1 atom stereocenters. The first-order valence-electron chi connectivity index (χ1n) is 14.9. The average Bonchev–Trinajstić information content (AvgIpc) is 3.34. The predicted molar refractivity (Wildman–Crippen MR) is 158 cm³/mol. The molecule has 9 heteroatoms. The van der Waals surface area contributed by atoms with Crippen LogP contribution < -0.4 is 10.6 Å². The minimum atomic E-state index is -4.24. The number of unbranched alkanes of at least 4 members (excludes halogenated alkanes) is 2. The number of H-pyrrole nitrogens is 1. The van der Waals surface area contributed by atoms with E-state index >= 15 is 0 Å². The number of carbonyl (C=O) groups excluding carboxylic acids is 3. The van der Waals surface area contributed by atoms with Gasteiger partial charge in [0.15, 0.2) is 0 Å². The Hall–Kier alpha value is -3.62. The van der Waals surface area contributed by atoms with E-state index in [1.54, 1.807) is 6.92 Å². The molecular weight excluding hydrogens is 543 g/mol. The number of aromatic amines is 1. The van der Waals surface area contributed by atoms with Crippen LogP contribution in [0.3, 0.4) is 0 Å². The molecule has 3 aromatic rings. The second-order valence-electron chi connectivity index (χ2n) is 11.4. The Labute approximate surface area is 244 Å². The van der Waals surface area contributed by atoms with Gasteiger partial charge in [0.1, 0.15) is 11.8 Å². The molecule has 1 saturated carbocycles. The second-order valence-corrected chi connectivity index (χ2v) is 11.4. The van der Waals surface area contributed by atoms with E-state index in [2.05, 4.69) is 15.6 Å². The van der Waals surface area contributed by atoms with Gasteiger partial charge >= 0.3 is 6.18 Å². The number of halogens is 3. The van der Waals surface area contributed by atoms with E-state index in [1.807, 2.05) is 54.6 Å². The van der Waals surface area contributed by atoms with Gasteiger partial charge in [-0.2, -0.15) is 13.2 Å². The number of rotatable bonds is 13. The maximum atomic E-state index is 13.3. The number of carbonyl (C=O) groups is 3. The molecule has 0 aliphatic heterocycles. The Morgan fingerprint density at radius 2 is 1.62 bits per heavy atom.